The van der Waals surface area contributed by atoms with Gasteiger partial charge in [-0.05, 0) is 11.6 Å². The molecule has 0 heterocycles. The van der Waals surface area contributed by atoms with Crippen molar-refractivity contribution in [2.75, 3.05) is 18.0 Å². The second-order valence-corrected chi connectivity index (χ2v) is 4.03. The summed E-state index contributed by atoms with van der Waals surface area (Å²) in [4.78, 5) is 33.4. The van der Waals surface area contributed by atoms with Crippen LogP contribution >= 0.6 is 0 Å². The van der Waals surface area contributed by atoms with Crippen LogP contribution in [0.5, 0.6) is 0 Å². The molecule has 0 saturated carbocycles. The van der Waals surface area contributed by atoms with E-state index in [4.69, 9.17) is 16.6 Å². The molecule has 0 radical (unpaired) electrons. The zero-order valence-corrected chi connectivity index (χ0v) is 10.5. The average Bonchev–Trinajstić information content (AvgIpc) is 2.36. The zero-order valence-electron chi connectivity index (χ0n) is 10.5. The Morgan fingerprint density at radius 1 is 1.25 bits per heavy atom. The number of hydrogen-bond donors (Lipinski definition) is 3. The third-order valence-electron chi connectivity index (χ3n) is 2.45. The van der Waals surface area contributed by atoms with E-state index in [2.05, 4.69) is 0 Å². The number of carbonyl (C=O) groups excluding carboxylic acids is 2. The highest BCUT2D eigenvalue weighted by Crippen LogP contribution is 2.29. The molecular formula is C11H14N4O5. The van der Waals surface area contributed by atoms with Gasteiger partial charge in [-0.25, -0.2) is 0 Å². The maximum Gasteiger partial charge on any atom is 0.292 e. The summed E-state index contributed by atoms with van der Waals surface area (Å²) in [6.45, 7) is -1.14. The van der Waals surface area contributed by atoms with Crippen LogP contribution in [0.2, 0.25) is 0 Å². The summed E-state index contributed by atoms with van der Waals surface area (Å²) >= 11 is 0. The number of anilines is 1. The normalized spacial score (nSPS) is 10.1. The van der Waals surface area contributed by atoms with Crippen molar-refractivity contribution in [1.29, 1.82) is 0 Å². The first-order chi connectivity index (χ1) is 9.35. The average molecular weight is 282 g/mol. The quantitative estimate of drug-likeness (QED) is 0.424. The molecule has 0 aliphatic carbocycles. The second-order valence-electron chi connectivity index (χ2n) is 4.03. The predicted molar refractivity (Wildman–Crippen MR) is 69.6 cm³/mol. The molecule has 0 aromatic heterocycles. The van der Waals surface area contributed by atoms with Crippen LogP contribution in [0.4, 0.5) is 11.4 Å². The molecule has 0 spiro atoms. The minimum atomic E-state index is -0.758. The third kappa shape index (κ3) is 3.92. The number of carbonyl (C=O) groups is 2. The lowest BCUT2D eigenvalue weighted by molar-refractivity contribution is -0.384. The van der Waals surface area contributed by atoms with Crippen LogP contribution in [-0.2, 0) is 16.2 Å². The van der Waals surface area contributed by atoms with Crippen molar-refractivity contribution in [3.05, 3.63) is 33.9 Å². The van der Waals surface area contributed by atoms with Crippen LogP contribution in [0.25, 0.3) is 0 Å². The largest absolute Gasteiger partial charge is 0.392 e. The topological polar surface area (TPSA) is 153 Å². The minimum absolute atomic E-state index is 0.0322. The van der Waals surface area contributed by atoms with Crippen molar-refractivity contribution in [2.45, 2.75) is 6.61 Å². The molecule has 0 atom stereocenters. The maximum absolute atomic E-state index is 11.0. The molecule has 0 fully saturated rings. The summed E-state index contributed by atoms with van der Waals surface area (Å²) in [5.74, 6) is -1.52. The smallest absolute Gasteiger partial charge is 0.292 e. The number of primary amides is 2. The standard InChI is InChI=1S/C11H14N4O5/c12-10(17)4-14(5-11(13)18)8-2-1-7(6-16)3-9(8)15(19)20/h1-3,16H,4-6H2,(H2,12,17)(H2,13,18). The van der Waals surface area contributed by atoms with Crippen molar-refractivity contribution in [2.24, 2.45) is 11.5 Å². The Morgan fingerprint density at radius 2 is 1.80 bits per heavy atom. The molecule has 5 N–H and O–H groups in total. The third-order valence-corrected chi connectivity index (χ3v) is 2.45. The van der Waals surface area contributed by atoms with Crippen molar-refractivity contribution in [1.82, 2.24) is 0 Å². The Balaban J connectivity index is 3.26. The maximum atomic E-state index is 11.0. The fourth-order valence-corrected chi connectivity index (χ4v) is 1.68. The van der Waals surface area contributed by atoms with E-state index in [9.17, 15) is 19.7 Å². The molecule has 108 valence electrons. The number of aliphatic hydroxyl groups is 1. The molecule has 0 saturated heterocycles. The van der Waals surface area contributed by atoms with Gasteiger partial charge in [0.25, 0.3) is 5.69 Å². The van der Waals surface area contributed by atoms with E-state index in [1.807, 2.05) is 0 Å². The van der Waals surface area contributed by atoms with Gasteiger partial charge in [0.15, 0.2) is 0 Å². The molecular weight excluding hydrogens is 268 g/mol. The van der Waals surface area contributed by atoms with Gasteiger partial charge in [0.05, 0.1) is 24.6 Å². The second kappa shape index (κ2) is 6.48. The molecule has 1 aromatic rings. The SMILES string of the molecule is NC(=O)CN(CC(N)=O)c1ccc(CO)cc1[N+](=O)[O-]. The number of nitrogens with zero attached hydrogens (tertiary/aromatic N) is 2. The van der Waals surface area contributed by atoms with Crippen LogP contribution in [0, 0.1) is 10.1 Å². The molecule has 9 nitrogen and oxygen atoms in total. The number of nitro groups is 1. The lowest BCUT2D eigenvalue weighted by atomic mass is 10.1. The fraction of sp³-hybridized carbons (Fsp3) is 0.273. The lowest BCUT2D eigenvalue weighted by Gasteiger charge is -2.21. The molecule has 0 aliphatic rings. The summed E-state index contributed by atoms with van der Waals surface area (Å²) < 4.78 is 0. The van der Waals surface area contributed by atoms with Gasteiger partial charge < -0.3 is 21.5 Å². The zero-order chi connectivity index (χ0) is 15.3. The van der Waals surface area contributed by atoms with E-state index >= 15 is 0 Å². The Labute approximate surface area is 113 Å². The summed E-state index contributed by atoms with van der Waals surface area (Å²) in [6, 6.07) is 3.93. The molecule has 9 heteroatoms. The molecule has 1 aromatic carbocycles. The highest BCUT2D eigenvalue weighted by molar-refractivity contribution is 5.86. The van der Waals surface area contributed by atoms with Gasteiger partial charge in [-0.2, -0.15) is 0 Å². The molecule has 0 bridgehead atoms. The van der Waals surface area contributed by atoms with Gasteiger partial charge in [-0.1, -0.05) is 6.07 Å². The Morgan fingerprint density at radius 3 is 2.20 bits per heavy atom. The van der Waals surface area contributed by atoms with Crippen LogP contribution in [-0.4, -0.2) is 34.9 Å². The number of amides is 2. The summed E-state index contributed by atoms with van der Waals surface area (Å²) in [7, 11) is 0. The van der Waals surface area contributed by atoms with Gasteiger partial charge in [0.2, 0.25) is 11.8 Å². The van der Waals surface area contributed by atoms with E-state index in [1.165, 1.54) is 12.1 Å². The first-order valence-corrected chi connectivity index (χ1v) is 5.55. The number of aliphatic hydroxyl groups excluding tert-OH is 1. The number of benzene rings is 1. The van der Waals surface area contributed by atoms with Gasteiger partial charge >= 0.3 is 0 Å². The van der Waals surface area contributed by atoms with E-state index in [0.717, 1.165) is 11.0 Å². The Kier molecular flexibility index (Phi) is 4.98. The Bertz CT molecular complexity index is 530. The van der Waals surface area contributed by atoms with Crippen LogP contribution in [0.1, 0.15) is 5.56 Å². The monoisotopic (exact) mass is 282 g/mol. The lowest BCUT2D eigenvalue weighted by Crippen LogP contribution is -2.40. The molecule has 0 aliphatic heterocycles. The van der Waals surface area contributed by atoms with Crippen LogP contribution in [0.3, 0.4) is 0 Å². The fourth-order valence-electron chi connectivity index (χ4n) is 1.68. The highest BCUT2D eigenvalue weighted by Gasteiger charge is 2.22. The highest BCUT2D eigenvalue weighted by atomic mass is 16.6. The van der Waals surface area contributed by atoms with Crippen molar-refractivity contribution in [3.63, 3.8) is 0 Å². The summed E-state index contributed by atoms with van der Waals surface area (Å²) in [5.41, 5.74) is 10.1. The van der Waals surface area contributed by atoms with Crippen LogP contribution in [0.15, 0.2) is 18.2 Å². The summed E-state index contributed by atoms with van der Waals surface area (Å²) in [5, 5.41) is 20.0. The van der Waals surface area contributed by atoms with E-state index in [0.29, 0.717) is 5.56 Å². The van der Waals surface area contributed by atoms with Crippen LogP contribution < -0.4 is 16.4 Å². The van der Waals surface area contributed by atoms with Gasteiger partial charge in [-0.15, -0.1) is 0 Å². The molecule has 0 unspecified atom stereocenters. The number of rotatable bonds is 7. The van der Waals surface area contributed by atoms with E-state index < -0.39 is 16.7 Å². The van der Waals surface area contributed by atoms with Crippen molar-refractivity contribution >= 4 is 23.2 Å². The Hall–Kier alpha value is -2.68. The predicted octanol–water partition coefficient (Wildman–Crippen LogP) is -1.14. The number of nitrogens with two attached hydrogens (primary N) is 2. The first kappa shape index (κ1) is 15.4. The number of nitro benzene ring substituents is 1. The van der Waals surface area contributed by atoms with Gasteiger partial charge in [0, 0.05) is 6.07 Å². The van der Waals surface area contributed by atoms with Gasteiger partial charge in [0.1, 0.15) is 5.69 Å². The molecule has 20 heavy (non-hydrogen) atoms. The van der Waals surface area contributed by atoms with E-state index in [1.54, 1.807) is 0 Å². The first-order valence-electron chi connectivity index (χ1n) is 5.55. The van der Waals surface area contributed by atoms with E-state index in [-0.39, 0.29) is 31.1 Å². The molecule has 2 amide bonds. The summed E-state index contributed by atoms with van der Waals surface area (Å²) in [6.07, 6.45) is 0. The minimum Gasteiger partial charge on any atom is -0.392 e. The van der Waals surface area contributed by atoms with Crippen molar-refractivity contribution in [3.8, 4) is 0 Å². The number of hydrogen-bond acceptors (Lipinski definition) is 6. The van der Waals surface area contributed by atoms with Crippen molar-refractivity contribution < 1.29 is 19.6 Å². The van der Waals surface area contributed by atoms with Gasteiger partial charge in [-0.3, -0.25) is 19.7 Å². The molecule has 1 rings (SSSR count).